The summed E-state index contributed by atoms with van der Waals surface area (Å²) in [6.07, 6.45) is 1.48. The number of ether oxygens (including phenoxy) is 4. The third-order valence-electron chi connectivity index (χ3n) is 4.69. The normalized spacial score (nSPS) is 16.4. The second kappa shape index (κ2) is 8.20. The van der Waals surface area contributed by atoms with Crippen molar-refractivity contribution in [3.8, 4) is 23.0 Å². The molecule has 0 bridgehead atoms. The molecule has 0 aliphatic carbocycles. The molecule has 0 spiro atoms. The Labute approximate surface area is 170 Å². The maximum atomic E-state index is 12.5. The van der Waals surface area contributed by atoms with Crippen molar-refractivity contribution in [2.24, 2.45) is 5.10 Å². The molecule has 0 saturated carbocycles. The molecule has 0 N–H and O–H groups in total. The fourth-order valence-electron chi connectivity index (χ4n) is 3.27. The van der Waals surface area contributed by atoms with Crippen LogP contribution in [0.5, 0.6) is 23.0 Å². The zero-order valence-electron chi connectivity index (χ0n) is 17.0. The first-order valence-corrected chi connectivity index (χ1v) is 10.7. The zero-order chi connectivity index (χ0) is 21.2. The second-order valence-corrected chi connectivity index (χ2v) is 8.35. The highest BCUT2D eigenvalue weighted by molar-refractivity contribution is 7.88. The van der Waals surface area contributed by atoms with Gasteiger partial charge < -0.3 is 18.9 Å². The van der Waals surface area contributed by atoms with E-state index in [2.05, 4.69) is 5.10 Å². The van der Waals surface area contributed by atoms with Gasteiger partial charge in [0.15, 0.2) is 0 Å². The van der Waals surface area contributed by atoms with Gasteiger partial charge >= 0.3 is 0 Å². The standard InChI is InChI=1S/C20H24N2O6S/c1-25-14-6-7-20(28-4)17(11-14)19-12-18(21-22(19)29(5,23)24)13-8-15(26-2)10-16(9-13)27-3/h6-11,19H,12H2,1-5H3/t19-/m0/s1. The summed E-state index contributed by atoms with van der Waals surface area (Å²) < 4.78 is 47.5. The minimum absolute atomic E-state index is 0.354. The number of hydrazone groups is 1. The van der Waals surface area contributed by atoms with Gasteiger partial charge in [-0.1, -0.05) is 0 Å². The van der Waals surface area contributed by atoms with Crippen LogP contribution in [-0.2, 0) is 10.0 Å². The Kier molecular flexibility index (Phi) is 5.88. The minimum atomic E-state index is -3.63. The molecule has 0 saturated heterocycles. The largest absolute Gasteiger partial charge is 0.497 e. The van der Waals surface area contributed by atoms with Gasteiger partial charge in [-0.25, -0.2) is 8.42 Å². The predicted octanol–water partition coefficient (Wildman–Crippen LogP) is 2.83. The fourth-order valence-corrected chi connectivity index (χ4v) is 4.17. The molecule has 9 heteroatoms. The summed E-state index contributed by atoms with van der Waals surface area (Å²) in [5.74, 6) is 2.35. The molecule has 1 aliphatic rings. The zero-order valence-corrected chi connectivity index (χ0v) is 17.8. The Morgan fingerprint density at radius 1 is 0.897 bits per heavy atom. The third kappa shape index (κ3) is 4.24. The monoisotopic (exact) mass is 420 g/mol. The van der Waals surface area contributed by atoms with Crippen LogP contribution >= 0.6 is 0 Å². The number of methoxy groups -OCH3 is 4. The molecule has 0 fully saturated rings. The highest BCUT2D eigenvalue weighted by atomic mass is 32.2. The van der Waals surface area contributed by atoms with Crippen molar-refractivity contribution in [1.29, 1.82) is 0 Å². The van der Waals surface area contributed by atoms with Gasteiger partial charge in [0, 0.05) is 23.6 Å². The van der Waals surface area contributed by atoms with Crippen molar-refractivity contribution in [2.75, 3.05) is 34.7 Å². The molecular formula is C20H24N2O6S. The van der Waals surface area contributed by atoms with Crippen LogP contribution in [0.1, 0.15) is 23.6 Å². The van der Waals surface area contributed by atoms with Gasteiger partial charge in [-0.3, -0.25) is 0 Å². The number of benzene rings is 2. The van der Waals surface area contributed by atoms with Gasteiger partial charge in [0.25, 0.3) is 0 Å². The minimum Gasteiger partial charge on any atom is -0.497 e. The first kappa shape index (κ1) is 20.8. The molecule has 156 valence electrons. The van der Waals surface area contributed by atoms with E-state index in [0.717, 1.165) is 16.2 Å². The number of hydrogen-bond donors (Lipinski definition) is 0. The lowest BCUT2D eigenvalue weighted by Gasteiger charge is -2.23. The summed E-state index contributed by atoms with van der Waals surface area (Å²) >= 11 is 0. The van der Waals surface area contributed by atoms with Crippen LogP contribution in [0.4, 0.5) is 0 Å². The van der Waals surface area contributed by atoms with E-state index < -0.39 is 16.1 Å². The van der Waals surface area contributed by atoms with E-state index in [1.165, 1.54) is 0 Å². The highest BCUT2D eigenvalue weighted by Crippen LogP contribution is 2.41. The lowest BCUT2D eigenvalue weighted by atomic mass is 9.98. The van der Waals surface area contributed by atoms with E-state index in [0.29, 0.717) is 40.7 Å². The maximum Gasteiger partial charge on any atom is 0.247 e. The topological polar surface area (TPSA) is 86.7 Å². The Hall–Kier alpha value is -2.94. The maximum absolute atomic E-state index is 12.5. The van der Waals surface area contributed by atoms with Gasteiger partial charge in [-0.05, 0) is 30.3 Å². The molecule has 2 aromatic rings. The smallest absolute Gasteiger partial charge is 0.247 e. The Morgan fingerprint density at radius 3 is 2.03 bits per heavy atom. The molecule has 0 aromatic heterocycles. The van der Waals surface area contributed by atoms with Crippen molar-refractivity contribution in [3.05, 3.63) is 47.5 Å². The average Bonchev–Trinajstić information content (AvgIpc) is 3.18. The van der Waals surface area contributed by atoms with Crippen LogP contribution in [0.2, 0.25) is 0 Å². The summed E-state index contributed by atoms with van der Waals surface area (Å²) in [5, 5.41) is 4.42. The van der Waals surface area contributed by atoms with Gasteiger partial charge in [0.05, 0.1) is 46.4 Å². The quantitative estimate of drug-likeness (QED) is 0.685. The molecule has 8 nitrogen and oxygen atoms in total. The first-order chi connectivity index (χ1) is 13.8. The fraction of sp³-hybridized carbons (Fsp3) is 0.350. The predicted molar refractivity (Wildman–Crippen MR) is 110 cm³/mol. The summed E-state index contributed by atoms with van der Waals surface area (Å²) in [5.41, 5.74) is 1.99. The van der Waals surface area contributed by atoms with Crippen LogP contribution < -0.4 is 18.9 Å². The molecule has 2 aromatic carbocycles. The molecule has 3 rings (SSSR count). The second-order valence-electron chi connectivity index (χ2n) is 6.51. The molecule has 29 heavy (non-hydrogen) atoms. The van der Waals surface area contributed by atoms with Crippen LogP contribution in [0.3, 0.4) is 0 Å². The van der Waals surface area contributed by atoms with E-state index in [1.807, 2.05) is 0 Å². The van der Waals surface area contributed by atoms with Crippen LogP contribution in [-0.4, -0.2) is 53.2 Å². The molecule has 0 amide bonds. The number of hydrogen-bond acceptors (Lipinski definition) is 7. The molecule has 1 atom stereocenters. The van der Waals surface area contributed by atoms with Crippen LogP contribution in [0, 0.1) is 0 Å². The van der Waals surface area contributed by atoms with Crippen molar-refractivity contribution < 1.29 is 27.4 Å². The van der Waals surface area contributed by atoms with Crippen molar-refractivity contribution in [1.82, 2.24) is 4.41 Å². The lowest BCUT2D eigenvalue weighted by Crippen LogP contribution is -2.26. The molecule has 1 heterocycles. The van der Waals surface area contributed by atoms with Crippen molar-refractivity contribution in [3.63, 3.8) is 0 Å². The summed E-state index contributed by atoms with van der Waals surface area (Å²) in [4.78, 5) is 0. The number of nitrogens with zero attached hydrogens (tertiary/aromatic N) is 2. The molecule has 0 unspecified atom stereocenters. The molecule has 0 radical (unpaired) electrons. The van der Waals surface area contributed by atoms with Gasteiger partial charge in [-0.2, -0.15) is 9.52 Å². The summed E-state index contributed by atoms with van der Waals surface area (Å²) in [7, 11) is 2.58. The van der Waals surface area contributed by atoms with E-state index in [9.17, 15) is 8.42 Å². The number of sulfonamides is 1. The lowest BCUT2D eigenvalue weighted by molar-refractivity contribution is 0.348. The van der Waals surface area contributed by atoms with E-state index in [1.54, 1.807) is 64.8 Å². The average molecular weight is 420 g/mol. The highest BCUT2D eigenvalue weighted by Gasteiger charge is 2.36. The van der Waals surface area contributed by atoms with Crippen LogP contribution in [0.25, 0.3) is 0 Å². The summed E-state index contributed by atoms with van der Waals surface area (Å²) in [6.45, 7) is 0. The van der Waals surface area contributed by atoms with Crippen molar-refractivity contribution >= 4 is 15.7 Å². The first-order valence-electron chi connectivity index (χ1n) is 8.83. The van der Waals surface area contributed by atoms with Gasteiger partial charge in [0.1, 0.15) is 23.0 Å². The van der Waals surface area contributed by atoms with E-state index >= 15 is 0 Å². The van der Waals surface area contributed by atoms with E-state index in [-0.39, 0.29) is 0 Å². The summed E-state index contributed by atoms with van der Waals surface area (Å²) in [6, 6.07) is 10.1. The number of rotatable bonds is 7. The van der Waals surface area contributed by atoms with E-state index in [4.69, 9.17) is 18.9 Å². The third-order valence-corrected chi connectivity index (χ3v) is 5.71. The molecule has 1 aliphatic heterocycles. The van der Waals surface area contributed by atoms with Crippen molar-refractivity contribution in [2.45, 2.75) is 12.5 Å². The SMILES string of the molecule is COc1cc(OC)cc(C2=NN(S(C)(=O)=O)[C@H](c3cc(OC)ccc3OC)C2)c1. The Balaban J connectivity index is 2.10. The van der Waals surface area contributed by atoms with Gasteiger partial charge in [0.2, 0.25) is 10.0 Å². The Bertz CT molecular complexity index is 1010. The van der Waals surface area contributed by atoms with Gasteiger partial charge in [-0.15, -0.1) is 0 Å². The Morgan fingerprint density at radius 2 is 1.52 bits per heavy atom. The molecular weight excluding hydrogens is 396 g/mol. The van der Waals surface area contributed by atoms with Crippen LogP contribution in [0.15, 0.2) is 41.5 Å².